The number of ether oxygens (including phenoxy) is 1. The molecule has 2 amide bonds. The van der Waals surface area contributed by atoms with Gasteiger partial charge in [0.1, 0.15) is 0 Å². The van der Waals surface area contributed by atoms with Gasteiger partial charge in [0.25, 0.3) is 0 Å². The van der Waals surface area contributed by atoms with Gasteiger partial charge < -0.3 is 15.0 Å². The van der Waals surface area contributed by atoms with Crippen molar-refractivity contribution < 1.29 is 19.1 Å². The highest BCUT2D eigenvalue weighted by molar-refractivity contribution is 6.06. The van der Waals surface area contributed by atoms with Crippen LogP contribution in [-0.4, -0.2) is 29.3 Å². The highest BCUT2D eigenvalue weighted by atomic mass is 16.5. The molecule has 6 heteroatoms. The first-order valence-corrected chi connectivity index (χ1v) is 9.59. The molecule has 3 rings (SSSR count). The van der Waals surface area contributed by atoms with Gasteiger partial charge in [0.05, 0.1) is 24.6 Å². The van der Waals surface area contributed by atoms with E-state index < -0.39 is 17.8 Å². The zero-order valence-electron chi connectivity index (χ0n) is 16.6. The van der Waals surface area contributed by atoms with Crippen molar-refractivity contribution in [1.82, 2.24) is 4.90 Å². The fourth-order valence-corrected chi connectivity index (χ4v) is 3.42. The molecule has 0 radical (unpaired) electrons. The third-order valence-electron chi connectivity index (χ3n) is 4.86. The van der Waals surface area contributed by atoms with E-state index in [1.165, 1.54) is 0 Å². The molecule has 1 N–H and O–H groups in total. The largest absolute Gasteiger partial charge is 0.463 e. The van der Waals surface area contributed by atoms with Gasteiger partial charge in [0.2, 0.25) is 11.8 Å². The maximum absolute atomic E-state index is 12.9. The molecule has 2 aromatic carbocycles. The first kappa shape index (κ1) is 20.3. The summed E-state index contributed by atoms with van der Waals surface area (Å²) in [6.07, 6.45) is -0.0863. The lowest BCUT2D eigenvalue weighted by Gasteiger charge is -2.33. The van der Waals surface area contributed by atoms with Crippen molar-refractivity contribution in [1.29, 1.82) is 0 Å². The van der Waals surface area contributed by atoms with Crippen molar-refractivity contribution in [2.45, 2.75) is 26.8 Å². The Morgan fingerprint density at radius 1 is 1.07 bits per heavy atom. The third-order valence-corrected chi connectivity index (χ3v) is 4.86. The molecule has 2 aromatic rings. The lowest BCUT2D eigenvalue weighted by Crippen LogP contribution is -2.42. The molecule has 1 aliphatic heterocycles. The van der Waals surface area contributed by atoms with E-state index in [4.69, 9.17) is 4.74 Å². The summed E-state index contributed by atoms with van der Waals surface area (Å²) in [5.41, 5.74) is 2.24. The van der Waals surface area contributed by atoms with Crippen molar-refractivity contribution in [2.75, 3.05) is 11.9 Å². The molecule has 0 bridgehead atoms. The number of carbonyl (C=O) groups is 3. The predicted molar refractivity (Wildman–Crippen MR) is 110 cm³/mol. The Morgan fingerprint density at radius 2 is 1.69 bits per heavy atom. The Balaban J connectivity index is 1.93. The van der Waals surface area contributed by atoms with Crippen molar-refractivity contribution in [3.63, 3.8) is 0 Å². The minimum absolute atomic E-state index is 0.0863. The number of nitrogens with one attached hydrogen (secondary N) is 1. The number of rotatable bonds is 6. The first-order chi connectivity index (χ1) is 14.0. The molecular weight excluding hydrogens is 368 g/mol. The number of amides is 2. The predicted octanol–water partition coefficient (Wildman–Crippen LogP) is 3.51. The smallest absolute Gasteiger partial charge is 0.336 e. The van der Waals surface area contributed by atoms with E-state index in [9.17, 15) is 14.4 Å². The lowest BCUT2D eigenvalue weighted by atomic mass is 9.88. The average Bonchev–Trinajstić information content (AvgIpc) is 2.72. The van der Waals surface area contributed by atoms with E-state index in [0.717, 1.165) is 5.56 Å². The van der Waals surface area contributed by atoms with Crippen LogP contribution >= 0.6 is 0 Å². The normalized spacial score (nSPS) is 16.6. The number of carbonyl (C=O) groups excluding carboxylic acids is 3. The van der Waals surface area contributed by atoms with E-state index in [0.29, 0.717) is 17.9 Å². The number of hydrogen-bond donors (Lipinski definition) is 1. The maximum atomic E-state index is 12.9. The number of nitrogens with zero attached hydrogens (tertiary/aromatic N) is 1. The van der Waals surface area contributed by atoms with Gasteiger partial charge in [-0.15, -0.1) is 0 Å². The second-order valence-electron chi connectivity index (χ2n) is 6.80. The maximum Gasteiger partial charge on any atom is 0.336 e. The summed E-state index contributed by atoms with van der Waals surface area (Å²) >= 11 is 0. The number of para-hydroxylation sites is 1. The van der Waals surface area contributed by atoms with Crippen LogP contribution in [0, 0.1) is 5.92 Å². The van der Waals surface area contributed by atoms with E-state index in [1.807, 2.05) is 36.4 Å². The fraction of sp³-hybridized carbons (Fsp3) is 0.261. The van der Waals surface area contributed by atoms with Crippen LogP contribution in [0.4, 0.5) is 5.69 Å². The van der Waals surface area contributed by atoms with Gasteiger partial charge in [-0.25, -0.2) is 4.79 Å². The minimum Gasteiger partial charge on any atom is -0.463 e. The van der Waals surface area contributed by atoms with E-state index in [-0.39, 0.29) is 24.5 Å². The lowest BCUT2D eigenvalue weighted by molar-refractivity contribution is -0.142. The number of allylic oxidation sites excluding steroid dienone is 1. The molecule has 0 saturated heterocycles. The topological polar surface area (TPSA) is 75.7 Å². The summed E-state index contributed by atoms with van der Waals surface area (Å²) in [5.74, 6) is -2.06. The molecule has 29 heavy (non-hydrogen) atoms. The van der Waals surface area contributed by atoms with Gasteiger partial charge in [0, 0.05) is 17.8 Å². The molecule has 1 unspecified atom stereocenters. The van der Waals surface area contributed by atoms with Crippen molar-refractivity contribution >= 4 is 23.5 Å². The van der Waals surface area contributed by atoms with Crippen LogP contribution < -0.4 is 5.32 Å². The van der Waals surface area contributed by atoms with Crippen LogP contribution in [0.5, 0.6) is 0 Å². The summed E-state index contributed by atoms with van der Waals surface area (Å²) in [4.78, 5) is 40.0. The Kier molecular flexibility index (Phi) is 6.44. The number of hydrogen-bond acceptors (Lipinski definition) is 4. The summed E-state index contributed by atoms with van der Waals surface area (Å²) in [6, 6.07) is 18.5. The second-order valence-corrected chi connectivity index (χ2v) is 6.80. The molecule has 1 heterocycles. The van der Waals surface area contributed by atoms with E-state index >= 15 is 0 Å². The standard InChI is InChI=1S/C23H24N2O4/c1-3-29-23(28)21-16(2)25(15-17-10-6-4-7-11-17)20(26)14-19(21)22(27)24-18-12-8-5-9-13-18/h4-13,19H,3,14-15H2,1-2H3,(H,24,27). The summed E-state index contributed by atoms with van der Waals surface area (Å²) in [7, 11) is 0. The number of benzene rings is 2. The third kappa shape index (κ3) is 4.71. The highest BCUT2D eigenvalue weighted by Gasteiger charge is 2.39. The van der Waals surface area contributed by atoms with Crippen LogP contribution in [0.3, 0.4) is 0 Å². The van der Waals surface area contributed by atoms with Gasteiger partial charge >= 0.3 is 5.97 Å². The summed E-state index contributed by atoms with van der Waals surface area (Å²) in [5, 5.41) is 2.79. The van der Waals surface area contributed by atoms with Crippen molar-refractivity contribution in [2.24, 2.45) is 5.92 Å². The van der Waals surface area contributed by atoms with E-state index in [2.05, 4.69) is 5.32 Å². The first-order valence-electron chi connectivity index (χ1n) is 9.59. The Morgan fingerprint density at radius 3 is 2.31 bits per heavy atom. The molecule has 1 atom stereocenters. The average molecular weight is 392 g/mol. The molecule has 0 saturated carbocycles. The van der Waals surface area contributed by atoms with Crippen molar-refractivity contribution in [3.8, 4) is 0 Å². The van der Waals surface area contributed by atoms with E-state index in [1.54, 1.807) is 43.0 Å². The number of esters is 1. The van der Waals surface area contributed by atoms with Crippen LogP contribution in [0.2, 0.25) is 0 Å². The van der Waals surface area contributed by atoms with Gasteiger partial charge in [-0.05, 0) is 31.5 Å². The zero-order chi connectivity index (χ0) is 20.8. The SMILES string of the molecule is CCOC(=O)C1=C(C)N(Cc2ccccc2)C(=O)CC1C(=O)Nc1ccccc1. The Bertz CT molecular complexity index is 922. The molecule has 0 aromatic heterocycles. The molecular formula is C23H24N2O4. The van der Waals surface area contributed by atoms with Crippen LogP contribution in [0.15, 0.2) is 71.9 Å². The van der Waals surface area contributed by atoms with Gasteiger partial charge in [0.15, 0.2) is 0 Å². The Labute approximate surface area is 170 Å². The molecule has 0 spiro atoms. The van der Waals surface area contributed by atoms with Crippen LogP contribution in [0.1, 0.15) is 25.8 Å². The molecule has 0 fully saturated rings. The second kappa shape index (κ2) is 9.19. The monoisotopic (exact) mass is 392 g/mol. The summed E-state index contributed by atoms with van der Waals surface area (Å²) < 4.78 is 5.20. The quantitative estimate of drug-likeness (QED) is 0.764. The summed E-state index contributed by atoms with van der Waals surface area (Å²) in [6.45, 7) is 3.92. The van der Waals surface area contributed by atoms with Crippen LogP contribution in [-0.2, 0) is 25.7 Å². The number of anilines is 1. The van der Waals surface area contributed by atoms with Gasteiger partial charge in [-0.1, -0.05) is 48.5 Å². The van der Waals surface area contributed by atoms with Crippen molar-refractivity contribution in [3.05, 3.63) is 77.5 Å². The van der Waals surface area contributed by atoms with Gasteiger partial charge in [-0.2, -0.15) is 0 Å². The minimum atomic E-state index is -0.895. The zero-order valence-corrected chi connectivity index (χ0v) is 16.6. The Hall–Kier alpha value is -3.41. The molecule has 0 aliphatic carbocycles. The molecule has 6 nitrogen and oxygen atoms in total. The fourth-order valence-electron chi connectivity index (χ4n) is 3.42. The highest BCUT2D eigenvalue weighted by Crippen LogP contribution is 2.32. The van der Waals surface area contributed by atoms with Crippen LogP contribution in [0.25, 0.3) is 0 Å². The molecule has 150 valence electrons. The molecule has 1 aliphatic rings. The van der Waals surface area contributed by atoms with Gasteiger partial charge in [-0.3, -0.25) is 9.59 Å².